The number of carbonyl (C=O) groups excluding carboxylic acids is 4. The molecule has 0 bridgehead atoms. The zero-order valence-electron chi connectivity index (χ0n) is 20.1. The second kappa shape index (κ2) is 31.2. The standard InChI is InChI=1S/2C6H10O3.2C4H10O2.Zr/c2*1-3-9-6(8)4-5(2)7;2*1-4(5)3-6-2;/h2*3-4H2,1-2H3;2*4-5H,3H2,1-2H3;. The van der Waals surface area contributed by atoms with Gasteiger partial charge in [-0.05, 0) is 41.5 Å². The minimum Gasteiger partial charge on any atom is -0.466 e. The fourth-order valence-corrected chi connectivity index (χ4v) is 1.31. The molecule has 0 spiro atoms. The van der Waals surface area contributed by atoms with Gasteiger partial charge in [-0.1, -0.05) is 0 Å². The quantitative estimate of drug-likeness (QED) is 0.310. The molecule has 0 aliphatic carbocycles. The number of hydrogen-bond donors (Lipinski definition) is 2. The van der Waals surface area contributed by atoms with Crippen LogP contribution < -0.4 is 0 Å². The normalized spacial score (nSPS) is 10.6. The van der Waals surface area contributed by atoms with Crippen molar-refractivity contribution in [2.45, 2.75) is 66.6 Å². The Labute approximate surface area is 205 Å². The first-order valence-corrected chi connectivity index (χ1v) is 9.51. The molecule has 0 aliphatic rings. The molecule has 0 fully saturated rings. The monoisotopic (exact) mass is 530 g/mol. The van der Waals surface area contributed by atoms with E-state index in [2.05, 4.69) is 18.9 Å². The van der Waals surface area contributed by atoms with Crippen LogP contribution in [0.4, 0.5) is 0 Å². The fourth-order valence-electron chi connectivity index (χ4n) is 1.31. The first kappa shape index (κ1) is 40.4. The fraction of sp³-hybridized carbons (Fsp3) is 0.800. The molecule has 0 aromatic carbocycles. The topological polar surface area (TPSA) is 146 Å². The predicted octanol–water partition coefficient (Wildman–Crippen LogP) is 1.08. The average molecular weight is 532 g/mol. The van der Waals surface area contributed by atoms with Gasteiger partial charge in [0.2, 0.25) is 0 Å². The van der Waals surface area contributed by atoms with E-state index in [-0.39, 0.29) is 62.8 Å². The Kier molecular flexibility index (Phi) is 40.6. The molecule has 0 amide bonds. The number of hydrogen-bond acceptors (Lipinski definition) is 10. The van der Waals surface area contributed by atoms with Gasteiger partial charge in [0.15, 0.2) is 0 Å². The molecule has 2 atom stereocenters. The summed E-state index contributed by atoms with van der Waals surface area (Å²) >= 11 is 0. The molecule has 0 heterocycles. The van der Waals surface area contributed by atoms with Crippen molar-refractivity contribution >= 4 is 23.5 Å². The molecule has 0 saturated heterocycles. The Morgan fingerprint density at radius 1 is 0.710 bits per heavy atom. The van der Waals surface area contributed by atoms with Crippen LogP contribution in [0.5, 0.6) is 0 Å². The number of rotatable bonds is 10. The second-order valence-corrected chi connectivity index (χ2v) is 5.98. The Morgan fingerprint density at radius 3 is 1.06 bits per heavy atom. The molecule has 0 aromatic heterocycles. The Morgan fingerprint density at radius 2 is 0.968 bits per heavy atom. The van der Waals surface area contributed by atoms with Gasteiger partial charge in [-0.2, -0.15) is 0 Å². The predicted molar refractivity (Wildman–Crippen MR) is 111 cm³/mol. The Hall–Kier alpha value is -0.997. The van der Waals surface area contributed by atoms with E-state index in [0.29, 0.717) is 26.4 Å². The van der Waals surface area contributed by atoms with Crippen LogP contribution in [0.2, 0.25) is 0 Å². The van der Waals surface area contributed by atoms with Crippen molar-refractivity contribution in [1.82, 2.24) is 0 Å². The largest absolute Gasteiger partial charge is 0.466 e. The van der Waals surface area contributed by atoms with Crippen LogP contribution in [0.25, 0.3) is 0 Å². The summed E-state index contributed by atoms with van der Waals surface area (Å²) in [6, 6.07) is 0. The zero-order chi connectivity index (χ0) is 24.5. The van der Waals surface area contributed by atoms with Crippen LogP contribution >= 0.6 is 0 Å². The summed E-state index contributed by atoms with van der Waals surface area (Å²) in [5.74, 6) is -1.20. The summed E-state index contributed by atoms with van der Waals surface area (Å²) in [6.45, 7) is 11.0. The van der Waals surface area contributed by atoms with Gasteiger partial charge in [-0.3, -0.25) is 19.2 Å². The maximum Gasteiger partial charge on any atom is 0.313 e. The summed E-state index contributed by atoms with van der Waals surface area (Å²) < 4.78 is 18.1. The van der Waals surface area contributed by atoms with Crippen molar-refractivity contribution in [2.75, 3.05) is 40.6 Å². The van der Waals surface area contributed by atoms with E-state index in [1.165, 1.54) is 13.8 Å². The second-order valence-electron chi connectivity index (χ2n) is 5.98. The summed E-state index contributed by atoms with van der Waals surface area (Å²) in [5.41, 5.74) is 0. The number of aliphatic hydroxyl groups is 2. The first-order valence-electron chi connectivity index (χ1n) is 9.51. The van der Waals surface area contributed by atoms with Crippen LogP contribution in [-0.4, -0.2) is 86.6 Å². The minimum atomic E-state index is -0.440. The van der Waals surface area contributed by atoms with Gasteiger partial charge < -0.3 is 29.2 Å². The number of esters is 2. The van der Waals surface area contributed by atoms with Gasteiger partial charge in [0.25, 0.3) is 0 Å². The van der Waals surface area contributed by atoms with Crippen molar-refractivity contribution in [3.8, 4) is 0 Å². The molecule has 11 heteroatoms. The molecule has 31 heavy (non-hydrogen) atoms. The van der Waals surface area contributed by atoms with Crippen LogP contribution in [0.15, 0.2) is 0 Å². The molecule has 2 unspecified atom stereocenters. The summed E-state index contributed by atoms with van der Waals surface area (Å²) in [6.07, 6.45) is -0.855. The smallest absolute Gasteiger partial charge is 0.313 e. The van der Waals surface area contributed by atoms with Gasteiger partial charge in [0.1, 0.15) is 24.4 Å². The van der Waals surface area contributed by atoms with Crippen LogP contribution in [0.1, 0.15) is 54.4 Å². The third-order valence-electron chi connectivity index (χ3n) is 2.21. The van der Waals surface area contributed by atoms with Crippen molar-refractivity contribution in [3.63, 3.8) is 0 Å². The van der Waals surface area contributed by atoms with Crippen LogP contribution in [-0.2, 0) is 64.3 Å². The van der Waals surface area contributed by atoms with Crippen molar-refractivity contribution in [2.24, 2.45) is 0 Å². The third-order valence-corrected chi connectivity index (χ3v) is 2.21. The van der Waals surface area contributed by atoms with Gasteiger partial charge in [0.05, 0.1) is 38.6 Å². The van der Waals surface area contributed by atoms with Gasteiger partial charge in [0, 0.05) is 40.4 Å². The van der Waals surface area contributed by atoms with E-state index < -0.39 is 11.9 Å². The molecule has 0 aliphatic heterocycles. The molecule has 2 N–H and O–H groups in total. The average Bonchev–Trinajstić information content (AvgIpc) is 2.55. The molecule has 0 saturated carbocycles. The van der Waals surface area contributed by atoms with E-state index in [0.717, 1.165) is 0 Å². The Bertz CT molecular complexity index is 400. The van der Waals surface area contributed by atoms with Crippen molar-refractivity contribution in [3.05, 3.63) is 0 Å². The van der Waals surface area contributed by atoms with Crippen molar-refractivity contribution in [1.29, 1.82) is 0 Å². The van der Waals surface area contributed by atoms with Gasteiger partial charge >= 0.3 is 11.9 Å². The number of methoxy groups -OCH3 is 2. The number of ether oxygens (including phenoxy) is 4. The van der Waals surface area contributed by atoms with Gasteiger partial charge in [-0.25, -0.2) is 0 Å². The minimum absolute atomic E-state index is 0. The molecular weight excluding hydrogens is 491 g/mol. The van der Waals surface area contributed by atoms with Gasteiger partial charge in [-0.15, -0.1) is 0 Å². The number of aliphatic hydroxyl groups excluding tert-OH is 2. The van der Waals surface area contributed by atoms with E-state index in [4.69, 9.17) is 10.2 Å². The summed E-state index contributed by atoms with van der Waals surface area (Å²) in [5, 5.41) is 16.9. The van der Waals surface area contributed by atoms with E-state index >= 15 is 0 Å². The Balaban J connectivity index is -0.0000000977. The third kappa shape index (κ3) is 58.6. The van der Waals surface area contributed by atoms with Crippen molar-refractivity contribution < 1.29 is 74.5 Å². The number of carbonyl (C=O) groups is 4. The SMILES string of the molecule is CCOC(=O)CC(C)=O.CCOC(=O)CC(C)=O.COCC(C)O.COCC(C)O.[Zr]. The van der Waals surface area contributed by atoms with E-state index in [9.17, 15) is 19.2 Å². The van der Waals surface area contributed by atoms with E-state index in [1.54, 1.807) is 41.9 Å². The molecule has 0 aromatic rings. The number of Topliss-reactive ketones (excluding diaryl/α,β-unsaturated/α-hetero) is 2. The van der Waals surface area contributed by atoms with Crippen LogP contribution in [0.3, 0.4) is 0 Å². The van der Waals surface area contributed by atoms with E-state index in [1.807, 2.05) is 0 Å². The summed E-state index contributed by atoms with van der Waals surface area (Å²) in [4.78, 5) is 41.3. The molecule has 10 nitrogen and oxygen atoms in total. The molecule has 0 rings (SSSR count). The molecular formula is C20H40O10Zr. The maximum absolute atomic E-state index is 10.4. The number of ketones is 2. The molecule has 184 valence electrons. The zero-order valence-corrected chi connectivity index (χ0v) is 22.5. The first-order chi connectivity index (χ1) is 13.9. The summed E-state index contributed by atoms with van der Waals surface area (Å²) in [7, 11) is 3.12. The van der Waals surface area contributed by atoms with Crippen LogP contribution in [0, 0.1) is 0 Å². The maximum atomic E-state index is 10.4. The molecule has 0 radical (unpaired) electrons.